The Labute approximate surface area is 120 Å². The lowest BCUT2D eigenvalue weighted by Gasteiger charge is -2.26. The van der Waals surface area contributed by atoms with E-state index >= 15 is 0 Å². The van der Waals surface area contributed by atoms with Crippen molar-refractivity contribution in [1.29, 1.82) is 0 Å². The Morgan fingerprint density at radius 3 is 2.65 bits per heavy atom. The molecule has 5 nitrogen and oxygen atoms in total. The van der Waals surface area contributed by atoms with Crippen molar-refractivity contribution in [3.63, 3.8) is 0 Å². The fourth-order valence-corrected chi connectivity index (χ4v) is 2.65. The van der Waals surface area contributed by atoms with Gasteiger partial charge in [-0.2, -0.15) is 4.98 Å². The second kappa shape index (κ2) is 6.83. The third kappa shape index (κ3) is 3.56. The van der Waals surface area contributed by atoms with Crippen LogP contribution in [0.15, 0.2) is 6.20 Å². The van der Waals surface area contributed by atoms with Crippen molar-refractivity contribution in [3.05, 3.63) is 12.0 Å². The molecule has 1 fully saturated rings. The Morgan fingerprint density at radius 2 is 2.00 bits per heavy atom. The standard InChI is InChI=1S/C14H24FN5/c1-16-13-12(15)10-17-14(18-13)20(3)9-8-19(2)11-6-4-5-7-11/h10-11H,4-9H2,1-3H3,(H,16,17,18). The van der Waals surface area contributed by atoms with E-state index in [2.05, 4.69) is 27.2 Å². The van der Waals surface area contributed by atoms with Gasteiger partial charge >= 0.3 is 0 Å². The summed E-state index contributed by atoms with van der Waals surface area (Å²) in [5.74, 6) is 0.370. The van der Waals surface area contributed by atoms with Crippen LogP contribution in [0, 0.1) is 5.82 Å². The van der Waals surface area contributed by atoms with Gasteiger partial charge in [0, 0.05) is 33.2 Å². The summed E-state index contributed by atoms with van der Waals surface area (Å²) in [6.07, 6.45) is 6.51. The fourth-order valence-electron chi connectivity index (χ4n) is 2.65. The number of anilines is 2. The van der Waals surface area contributed by atoms with Crippen LogP contribution in [0.2, 0.25) is 0 Å². The number of halogens is 1. The summed E-state index contributed by atoms with van der Waals surface area (Å²) < 4.78 is 13.3. The molecule has 1 aromatic rings. The third-order valence-corrected chi connectivity index (χ3v) is 4.05. The minimum absolute atomic E-state index is 0.242. The van der Waals surface area contributed by atoms with Crippen LogP contribution in [0.25, 0.3) is 0 Å². The van der Waals surface area contributed by atoms with Crippen LogP contribution in [-0.4, -0.2) is 55.1 Å². The first kappa shape index (κ1) is 15.0. The van der Waals surface area contributed by atoms with Crippen molar-refractivity contribution in [2.45, 2.75) is 31.7 Å². The normalized spacial score (nSPS) is 15.8. The molecule has 1 N–H and O–H groups in total. The molecule has 1 aliphatic carbocycles. The summed E-state index contributed by atoms with van der Waals surface area (Å²) in [6, 6.07) is 0.713. The molecule has 1 aliphatic rings. The molecule has 0 spiro atoms. The molecule has 0 radical (unpaired) electrons. The summed E-state index contributed by atoms with van der Waals surface area (Å²) in [5.41, 5.74) is 0. The summed E-state index contributed by atoms with van der Waals surface area (Å²) in [7, 11) is 5.77. The number of nitrogens with one attached hydrogen (secondary N) is 1. The first-order valence-electron chi connectivity index (χ1n) is 7.23. The highest BCUT2D eigenvalue weighted by molar-refractivity contribution is 5.41. The van der Waals surface area contributed by atoms with Crippen LogP contribution in [0.4, 0.5) is 16.2 Å². The average Bonchev–Trinajstić information content (AvgIpc) is 2.99. The van der Waals surface area contributed by atoms with Crippen LogP contribution in [-0.2, 0) is 0 Å². The highest BCUT2D eigenvalue weighted by atomic mass is 19.1. The number of hydrogen-bond donors (Lipinski definition) is 1. The molecule has 2 rings (SSSR count). The quantitative estimate of drug-likeness (QED) is 0.863. The van der Waals surface area contributed by atoms with Crippen LogP contribution in [0.5, 0.6) is 0 Å². The maximum atomic E-state index is 13.3. The summed E-state index contributed by atoms with van der Waals surface area (Å²) in [5, 5.41) is 2.74. The molecule has 0 saturated heterocycles. The average molecular weight is 281 g/mol. The molecular formula is C14H24FN5. The van der Waals surface area contributed by atoms with Gasteiger partial charge in [-0.1, -0.05) is 12.8 Å². The number of hydrogen-bond acceptors (Lipinski definition) is 5. The molecule has 1 heterocycles. The number of rotatable bonds is 6. The van der Waals surface area contributed by atoms with Gasteiger partial charge in [0.1, 0.15) is 0 Å². The molecule has 0 aromatic carbocycles. The summed E-state index contributed by atoms with van der Waals surface area (Å²) in [6.45, 7) is 1.80. The first-order valence-corrected chi connectivity index (χ1v) is 7.23. The van der Waals surface area contributed by atoms with E-state index < -0.39 is 5.82 Å². The second-order valence-electron chi connectivity index (χ2n) is 5.46. The third-order valence-electron chi connectivity index (χ3n) is 4.05. The van der Waals surface area contributed by atoms with Crippen molar-refractivity contribution in [2.75, 3.05) is 44.4 Å². The van der Waals surface area contributed by atoms with E-state index in [0.717, 1.165) is 13.1 Å². The van der Waals surface area contributed by atoms with Gasteiger partial charge < -0.3 is 15.1 Å². The van der Waals surface area contributed by atoms with Gasteiger partial charge in [0.15, 0.2) is 11.6 Å². The minimum atomic E-state index is -0.423. The summed E-state index contributed by atoms with van der Waals surface area (Å²) >= 11 is 0. The van der Waals surface area contributed by atoms with Gasteiger partial charge in [-0.15, -0.1) is 0 Å². The van der Waals surface area contributed by atoms with Crippen LogP contribution in [0.1, 0.15) is 25.7 Å². The van der Waals surface area contributed by atoms with Crippen LogP contribution >= 0.6 is 0 Å². The SMILES string of the molecule is CNc1nc(N(C)CCN(C)C2CCCC2)ncc1F. The molecule has 1 saturated carbocycles. The van der Waals surface area contributed by atoms with Gasteiger partial charge in [-0.25, -0.2) is 9.37 Å². The van der Waals surface area contributed by atoms with E-state index in [1.165, 1.54) is 31.9 Å². The first-order chi connectivity index (χ1) is 9.61. The zero-order valence-electron chi connectivity index (χ0n) is 12.6. The molecule has 112 valence electrons. The van der Waals surface area contributed by atoms with Gasteiger partial charge in [-0.3, -0.25) is 0 Å². The van der Waals surface area contributed by atoms with Crippen molar-refractivity contribution >= 4 is 11.8 Å². The predicted octanol–water partition coefficient (Wildman–Crippen LogP) is 1.97. The van der Waals surface area contributed by atoms with Gasteiger partial charge in [0.25, 0.3) is 0 Å². The highest BCUT2D eigenvalue weighted by Gasteiger charge is 2.19. The van der Waals surface area contributed by atoms with Crippen molar-refractivity contribution in [3.8, 4) is 0 Å². The lowest BCUT2D eigenvalue weighted by molar-refractivity contribution is 0.251. The van der Waals surface area contributed by atoms with Crippen molar-refractivity contribution < 1.29 is 4.39 Å². The number of likely N-dealkylation sites (N-methyl/N-ethyl adjacent to an activating group) is 2. The van der Waals surface area contributed by atoms with Crippen LogP contribution < -0.4 is 10.2 Å². The fraction of sp³-hybridized carbons (Fsp3) is 0.714. The van der Waals surface area contributed by atoms with Crippen LogP contribution in [0.3, 0.4) is 0 Å². The molecule has 0 bridgehead atoms. The van der Waals surface area contributed by atoms with Gasteiger partial charge in [-0.05, 0) is 19.9 Å². The Kier molecular flexibility index (Phi) is 5.11. The largest absolute Gasteiger partial charge is 0.371 e. The zero-order chi connectivity index (χ0) is 14.5. The molecule has 0 aliphatic heterocycles. The van der Waals surface area contributed by atoms with Crippen molar-refractivity contribution in [1.82, 2.24) is 14.9 Å². The molecule has 0 amide bonds. The van der Waals surface area contributed by atoms with Gasteiger partial charge in [0.2, 0.25) is 5.95 Å². The molecule has 0 unspecified atom stereocenters. The Bertz CT molecular complexity index is 434. The molecule has 20 heavy (non-hydrogen) atoms. The Balaban J connectivity index is 1.89. The monoisotopic (exact) mass is 281 g/mol. The second-order valence-corrected chi connectivity index (χ2v) is 5.46. The lowest BCUT2D eigenvalue weighted by atomic mass is 10.2. The van der Waals surface area contributed by atoms with E-state index in [1.54, 1.807) is 7.05 Å². The number of nitrogens with zero attached hydrogens (tertiary/aromatic N) is 4. The predicted molar refractivity (Wildman–Crippen MR) is 79.7 cm³/mol. The molecule has 1 aromatic heterocycles. The molecule has 6 heteroatoms. The van der Waals surface area contributed by atoms with E-state index in [1.807, 2.05) is 11.9 Å². The van der Waals surface area contributed by atoms with E-state index in [9.17, 15) is 4.39 Å². The number of aromatic nitrogens is 2. The minimum Gasteiger partial charge on any atom is -0.371 e. The molecule has 0 atom stereocenters. The van der Waals surface area contributed by atoms with Crippen molar-refractivity contribution in [2.24, 2.45) is 0 Å². The summed E-state index contributed by atoms with van der Waals surface area (Å²) in [4.78, 5) is 12.6. The Hall–Kier alpha value is -1.43. The topological polar surface area (TPSA) is 44.3 Å². The zero-order valence-corrected chi connectivity index (χ0v) is 12.6. The van der Waals surface area contributed by atoms with Gasteiger partial charge in [0.05, 0.1) is 6.20 Å². The maximum absolute atomic E-state index is 13.3. The van der Waals surface area contributed by atoms with E-state index in [4.69, 9.17) is 0 Å². The Morgan fingerprint density at radius 1 is 1.30 bits per heavy atom. The lowest BCUT2D eigenvalue weighted by Crippen LogP contribution is -2.36. The smallest absolute Gasteiger partial charge is 0.227 e. The maximum Gasteiger partial charge on any atom is 0.227 e. The molecular weight excluding hydrogens is 257 g/mol. The highest BCUT2D eigenvalue weighted by Crippen LogP contribution is 2.22. The van der Waals surface area contributed by atoms with E-state index in [0.29, 0.717) is 12.0 Å². The van der Waals surface area contributed by atoms with E-state index in [-0.39, 0.29) is 5.82 Å².